The van der Waals surface area contributed by atoms with Crippen molar-refractivity contribution in [3.05, 3.63) is 322 Å². The fourth-order valence-electron chi connectivity index (χ4n) is 20.0. The average molecular weight is 1620 g/mol. The first kappa shape index (κ1) is 79.2. The summed E-state index contributed by atoms with van der Waals surface area (Å²) in [5, 5.41) is 37.3. The smallest absolute Gasteiger partial charge is 0.229 e. The molecule has 8 aromatic heterocycles. The first-order valence-corrected chi connectivity index (χ1v) is 43.3. The van der Waals surface area contributed by atoms with Crippen molar-refractivity contribution in [3.8, 4) is 57.2 Å². The number of aryl methyl sites for hydroxylation is 8. The van der Waals surface area contributed by atoms with Crippen LogP contribution in [0, 0.1) is 63.5 Å². The van der Waals surface area contributed by atoms with E-state index in [1.165, 1.54) is 122 Å². The lowest BCUT2D eigenvalue weighted by atomic mass is 9.91. The Hall–Kier alpha value is -14.6. The minimum Gasteiger partial charge on any atom is -0.466 e. The molecule has 0 unspecified atom stereocenters. The second-order valence-corrected chi connectivity index (χ2v) is 34.8. The van der Waals surface area contributed by atoms with Gasteiger partial charge in [0, 0.05) is 67.4 Å². The van der Waals surface area contributed by atoms with Gasteiger partial charge in [-0.3, -0.25) is 0 Å². The highest BCUT2D eigenvalue weighted by Gasteiger charge is 2.32. The summed E-state index contributed by atoms with van der Waals surface area (Å²) < 4.78 is 34.3. The molecule has 20 aromatic rings. The Bertz CT molecular complexity index is 8000. The number of hydrogen-bond acceptors (Lipinski definition) is 6. The number of benzene rings is 12. The molecule has 12 heteroatoms. The normalized spacial score (nSPS) is 13.1. The van der Waals surface area contributed by atoms with E-state index in [9.17, 15) is 10.5 Å². The second-order valence-electron chi connectivity index (χ2n) is 34.8. The summed E-state index contributed by atoms with van der Waals surface area (Å²) >= 11 is 0. The molecule has 0 saturated heterocycles. The molecule has 12 nitrogen and oxygen atoms in total. The molecule has 2 aliphatic carbocycles. The largest absolute Gasteiger partial charge is 0.466 e. The molecule has 12 aromatic carbocycles. The Morgan fingerprint density at radius 3 is 1.26 bits per heavy atom. The van der Waals surface area contributed by atoms with Crippen molar-refractivity contribution >= 4 is 142 Å². The van der Waals surface area contributed by atoms with E-state index in [0.29, 0.717) is 51.8 Å². The Labute approximate surface area is 721 Å². The van der Waals surface area contributed by atoms with Gasteiger partial charge in [-0.05, 0) is 198 Å². The number of rotatable bonds is 8. The van der Waals surface area contributed by atoms with Crippen LogP contribution in [0.3, 0.4) is 0 Å². The minimum absolute atomic E-state index is 0.486. The highest BCUT2D eigenvalue weighted by molar-refractivity contribution is 6.18. The zero-order valence-electron chi connectivity index (χ0n) is 72.3. The van der Waals surface area contributed by atoms with Crippen LogP contribution < -0.4 is 18.3 Å². The molecule has 0 aliphatic heterocycles. The molecule has 0 radical (unpaired) electrons. The topological polar surface area (TPSA) is 124 Å². The van der Waals surface area contributed by atoms with Crippen LogP contribution in [0.5, 0.6) is 0 Å². The van der Waals surface area contributed by atoms with E-state index in [1.807, 2.05) is 84.9 Å². The van der Waals surface area contributed by atoms with Gasteiger partial charge in [0.25, 0.3) is 0 Å². The lowest BCUT2D eigenvalue weighted by Crippen LogP contribution is -2.30. The summed E-state index contributed by atoms with van der Waals surface area (Å²) in [4.78, 5) is 7.22. The molecule has 0 amide bonds. The van der Waals surface area contributed by atoms with Crippen molar-refractivity contribution in [1.29, 1.82) is 10.5 Å². The number of hydrogen-bond donors (Lipinski definition) is 0. The third kappa shape index (κ3) is 13.7. The Morgan fingerprint density at radius 2 is 0.750 bits per heavy atom. The molecule has 604 valence electrons. The summed E-state index contributed by atoms with van der Waals surface area (Å²) in [5.41, 5.74) is 27.9. The van der Waals surface area contributed by atoms with Gasteiger partial charge in [0.15, 0.2) is 36.1 Å². The van der Waals surface area contributed by atoms with Gasteiger partial charge in [0.1, 0.15) is 67.3 Å². The van der Waals surface area contributed by atoms with Gasteiger partial charge in [0.2, 0.25) is 28.5 Å². The number of pyridine rings is 4. The lowest BCUT2D eigenvalue weighted by molar-refractivity contribution is -0.659. The van der Waals surface area contributed by atoms with Crippen LogP contribution in [0.15, 0.2) is 261 Å². The number of furan rings is 4. The quantitative estimate of drug-likeness (QED) is 0.110. The van der Waals surface area contributed by atoms with Crippen LogP contribution in [-0.4, -0.2) is 0 Å². The van der Waals surface area contributed by atoms with E-state index >= 15 is 0 Å². The van der Waals surface area contributed by atoms with E-state index in [1.54, 1.807) is 0 Å². The fourth-order valence-corrected chi connectivity index (χ4v) is 20.0. The monoisotopic (exact) mass is 1620 g/mol. The van der Waals surface area contributed by atoms with Crippen LogP contribution >= 0.6 is 0 Å². The van der Waals surface area contributed by atoms with Crippen molar-refractivity contribution in [2.45, 2.75) is 130 Å². The predicted octanol–water partition coefficient (Wildman–Crippen LogP) is 28.6. The number of para-hydroxylation sites is 2. The number of aromatic nitrogens is 4. The fraction of sp³-hybridized carbons (Fsp3) is 0.214. The van der Waals surface area contributed by atoms with Crippen molar-refractivity contribution in [1.82, 2.24) is 0 Å². The molecular formula is C112H96N8O4+4. The van der Waals surface area contributed by atoms with Crippen LogP contribution in [0.4, 0.5) is 11.4 Å². The molecule has 124 heavy (non-hydrogen) atoms. The maximum atomic E-state index is 9.86. The zero-order chi connectivity index (χ0) is 85.6. The molecule has 2 aliphatic rings. The summed E-state index contributed by atoms with van der Waals surface area (Å²) in [6.07, 6.45) is 19.1. The highest BCUT2D eigenvalue weighted by Crippen LogP contribution is 2.48. The predicted molar refractivity (Wildman–Crippen MR) is 503 cm³/mol. The Kier molecular flexibility index (Phi) is 20.5. The van der Waals surface area contributed by atoms with Crippen molar-refractivity contribution < 1.29 is 35.9 Å². The molecule has 8 heterocycles. The Morgan fingerprint density at radius 1 is 0.339 bits per heavy atom. The van der Waals surface area contributed by atoms with Crippen LogP contribution in [0.25, 0.3) is 186 Å². The maximum Gasteiger partial charge on any atom is 0.229 e. The number of nitrogens with zero attached hydrogens (tertiary/aromatic N) is 8. The van der Waals surface area contributed by atoms with Gasteiger partial charge in [-0.2, -0.15) is 10.5 Å². The second kappa shape index (κ2) is 32.1. The summed E-state index contributed by atoms with van der Waals surface area (Å²) in [6.45, 7) is 32.2. The van der Waals surface area contributed by atoms with Gasteiger partial charge in [0.05, 0.1) is 80.2 Å². The third-order valence-corrected chi connectivity index (χ3v) is 26.5. The molecule has 2 saturated carbocycles. The van der Waals surface area contributed by atoms with Crippen molar-refractivity contribution in [2.75, 3.05) is 0 Å². The van der Waals surface area contributed by atoms with E-state index < -0.39 is 0 Å². The molecule has 0 atom stereocenters. The third-order valence-electron chi connectivity index (χ3n) is 26.5. The average Bonchev–Trinajstić information content (AvgIpc) is 1.52. The van der Waals surface area contributed by atoms with Crippen molar-refractivity contribution in [2.24, 2.45) is 28.2 Å². The first-order valence-electron chi connectivity index (χ1n) is 43.3. The molecule has 22 rings (SSSR count). The first-order chi connectivity index (χ1) is 60.3. The van der Waals surface area contributed by atoms with Crippen LogP contribution in [0.2, 0.25) is 0 Å². The van der Waals surface area contributed by atoms with Gasteiger partial charge >= 0.3 is 0 Å². The highest BCUT2D eigenvalue weighted by atomic mass is 16.3. The van der Waals surface area contributed by atoms with Gasteiger partial charge in [-0.25, -0.2) is 28.0 Å². The summed E-state index contributed by atoms with van der Waals surface area (Å²) in [5.74, 6) is 2.36. The molecule has 0 bridgehead atoms. The van der Waals surface area contributed by atoms with Gasteiger partial charge in [-0.1, -0.05) is 193 Å². The standard InChI is InChI=1S/2C29H25N2O.2C27H23N2O/c1-18-15-22(17-30)27-24-9-5-6-10-25(24)32-29(27)26(18)28-23-12-11-20(19-7-3-4-8-19)16-21(23)13-14-31(28)2;1-18-10-12-24-27-22(17-30)8-5-9-25(27)32-29(24)26(18)28-23-13-11-20(19-6-3-4-7-19)16-21(23)14-15-31(28)2;1-16(2)18-7-10-21-19(14-18)12-13-29(5)26(21)25-17(3)6-9-23-22-11-8-20(28-4)15-24(22)30-27(23)25;1-16(2)18-10-12-20-19(15-18)13-14-29(5)25(20)24-17(3)9-11-22-21-7-6-8-23(28-4)26(21)30-27(22)24/h5-6,9-16,19H,3-4,7-8H2,1-2H3;5,8-16,19H,3-4,6-7H2,1-2H3;2*6-16H,1-3,5H3/q4*+1. The van der Waals surface area contributed by atoms with Crippen LogP contribution in [-0.2, 0) is 28.2 Å². The summed E-state index contributed by atoms with van der Waals surface area (Å²) in [6, 6.07) is 80.9. The minimum atomic E-state index is 0.486. The number of nitriles is 2. The molecule has 0 N–H and O–H groups in total. The van der Waals surface area contributed by atoms with E-state index in [4.69, 9.17) is 30.8 Å². The van der Waals surface area contributed by atoms with Gasteiger partial charge in [-0.15, -0.1) is 0 Å². The SMILES string of the molecule is Cc1cc(C#N)c2c(oc3ccccc32)c1-c1c2ccc(C3CCCC3)cc2cc[n+]1C.Cc1ccc2c(oc3cccc(C#N)c32)c1-c1c2ccc(C3CCCC3)cc2cc[n+]1C.[C-]#[N+]c1ccc2c(c1)oc1c(-c3c4ccc(C(C)C)cc4cc[n+]3C)c(C)ccc12.[C-]#[N+]c1cccc2c1oc1c(-c3c4ccc(C(C)C)cc4cc[n+]3C)c(C)ccc12. The van der Waals surface area contributed by atoms with E-state index in [-0.39, 0.29) is 0 Å². The van der Waals surface area contributed by atoms with Gasteiger partial charge < -0.3 is 17.7 Å². The number of fused-ring (bicyclic) bond motifs is 16. The molecule has 0 spiro atoms. The van der Waals surface area contributed by atoms with Crippen molar-refractivity contribution in [3.63, 3.8) is 0 Å². The van der Waals surface area contributed by atoms with E-state index in [0.717, 1.165) is 144 Å². The Balaban J connectivity index is 0.000000108. The zero-order valence-corrected chi connectivity index (χ0v) is 72.3. The maximum absolute atomic E-state index is 9.86. The summed E-state index contributed by atoms with van der Waals surface area (Å²) in [7, 11) is 8.35. The molecule has 2 fully saturated rings. The van der Waals surface area contributed by atoms with E-state index in [2.05, 4.69) is 282 Å². The molecular weight excluding hydrogens is 1520 g/mol. The lowest BCUT2D eigenvalue weighted by Gasteiger charge is -2.13. The van der Waals surface area contributed by atoms with Crippen LogP contribution in [0.1, 0.15) is 158 Å².